The van der Waals surface area contributed by atoms with Gasteiger partial charge in [-0.3, -0.25) is 4.79 Å². The fraction of sp³-hybridized carbons (Fsp3) is 0.188. The minimum absolute atomic E-state index is 0.0618. The summed E-state index contributed by atoms with van der Waals surface area (Å²) in [7, 11) is 0. The molecular formula is C16H17FN2O. The molecule has 4 heteroatoms. The van der Waals surface area contributed by atoms with Crippen molar-refractivity contribution in [1.29, 1.82) is 0 Å². The lowest BCUT2D eigenvalue weighted by Crippen LogP contribution is -2.08. The molecule has 0 heterocycles. The summed E-state index contributed by atoms with van der Waals surface area (Å²) in [5.74, 6) is -0.324. The Hall–Kier alpha value is -2.36. The van der Waals surface area contributed by atoms with Crippen molar-refractivity contribution in [2.24, 2.45) is 0 Å². The first-order chi connectivity index (χ1) is 9.47. The molecule has 2 aromatic carbocycles. The maximum Gasteiger partial charge on any atom is 0.161 e. The zero-order chi connectivity index (χ0) is 14.7. The van der Waals surface area contributed by atoms with Crippen LogP contribution in [0.3, 0.4) is 0 Å². The van der Waals surface area contributed by atoms with Gasteiger partial charge in [0.05, 0.1) is 0 Å². The number of nitrogen functional groups attached to an aromatic ring is 1. The predicted octanol–water partition coefficient (Wildman–Crippen LogP) is 3.78. The zero-order valence-electron chi connectivity index (χ0n) is 11.5. The summed E-state index contributed by atoms with van der Waals surface area (Å²) in [6.45, 7) is 3.41. The summed E-state index contributed by atoms with van der Waals surface area (Å²) in [5, 5.41) is 3.23. The van der Waals surface area contributed by atoms with Crippen LogP contribution < -0.4 is 11.1 Å². The first-order valence-corrected chi connectivity index (χ1v) is 6.40. The molecule has 0 aromatic heterocycles. The van der Waals surface area contributed by atoms with E-state index in [4.69, 9.17) is 5.73 Å². The van der Waals surface area contributed by atoms with Crippen LogP contribution in [0.25, 0.3) is 0 Å². The van der Waals surface area contributed by atoms with Gasteiger partial charge in [-0.1, -0.05) is 12.1 Å². The minimum atomic E-state index is -0.261. The van der Waals surface area contributed by atoms with Crippen LogP contribution in [0.1, 0.15) is 35.8 Å². The number of halogens is 1. The Labute approximate surface area is 117 Å². The molecule has 0 radical (unpaired) electrons. The molecule has 1 unspecified atom stereocenters. The van der Waals surface area contributed by atoms with Gasteiger partial charge in [0.1, 0.15) is 5.82 Å². The quantitative estimate of drug-likeness (QED) is 0.657. The second-order valence-corrected chi connectivity index (χ2v) is 4.78. The van der Waals surface area contributed by atoms with E-state index >= 15 is 0 Å². The van der Waals surface area contributed by atoms with Gasteiger partial charge in [0.25, 0.3) is 0 Å². The molecule has 0 fully saturated rings. The third-order valence-electron chi connectivity index (χ3n) is 3.16. The van der Waals surface area contributed by atoms with Gasteiger partial charge >= 0.3 is 0 Å². The summed E-state index contributed by atoms with van der Waals surface area (Å²) in [6.07, 6.45) is 0. The van der Waals surface area contributed by atoms with E-state index in [1.807, 2.05) is 13.0 Å². The van der Waals surface area contributed by atoms with Gasteiger partial charge in [0, 0.05) is 23.0 Å². The first kappa shape index (κ1) is 14.1. The monoisotopic (exact) mass is 272 g/mol. The van der Waals surface area contributed by atoms with Gasteiger partial charge in [0.15, 0.2) is 5.78 Å². The molecule has 0 aliphatic rings. The number of anilines is 2. The van der Waals surface area contributed by atoms with Crippen LogP contribution in [-0.2, 0) is 0 Å². The molecule has 0 saturated heterocycles. The van der Waals surface area contributed by atoms with E-state index in [1.165, 1.54) is 19.1 Å². The van der Waals surface area contributed by atoms with Crippen LogP contribution >= 0.6 is 0 Å². The van der Waals surface area contributed by atoms with Crippen molar-refractivity contribution in [3.05, 3.63) is 59.4 Å². The van der Waals surface area contributed by atoms with E-state index in [-0.39, 0.29) is 17.6 Å². The molecule has 0 saturated carbocycles. The normalized spacial score (nSPS) is 11.9. The van der Waals surface area contributed by atoms with E-state index in [1.54, 1.807) is 24.3 Å². The number of nitrogens with one attached hydrogen (secondary N) is 1. The molecular weight excluding hydrogens is 255 g/mol. The van der Waals surface area contributed by atoms with Gasteiger partial charge < -0.3 is 11.1 Å². The summed E-state index contributed by atoms with van der Waals surface area (Å²) >= 11 is 0. The zero-order valence-corrected chi connectivity index (χ0v) is 11.5. The second-order valence-electron chi connectivity index (χ2n) is 4.78. The van der Waals surface area contributed by atoms with Crippen LogP contribution in [0.4, 0.5) is 15.8 Å². The topological polar surface area (TPSA) is 55.1 Å². The van der Waals surface area contributed by atoms with E-state index in [9.17, 15) is 9.18 Å². The molecule has 3 nitrogen and oxygen atoms in total. The average Bonchev–Trinajstić information content (AvgIpc) is 2.38. The molecule has 2 rings (SSSR count). The van der Waals surface area contributed by atoms with E-state index < -0.39 is 0 Å². The fourth-order valence-electron chi connectivity index (χ4n) is 2.08. The second kappa shape index (κ2) is 5.74. The third kappa shape index (κ3) is 3.15. The van der Waals surface area contributed by atoms with E-state index in [0.717, 1.165) is 11.3 Å². The highest BCUT2D eigenvalue weighted by Gasteiger charge is 2.09. The average molecular weight is 272 g/mol. The molecule has 2 aromatic rings. The lowest BCUT2D eigenvalue weighted by molar-refractivity contribution is 0.101. The highest BCUT2D eigenvalue weighted by atomic mass is 19.1. The number of Topliss-reactive ketones (excluding diaryl/α,β-unsaturated/α-hetero) is 1. The maximum absolute atomic E-state index is 13.2. The molecule has 0 aliphatic carbocycles. The lowest BCUT2D eigenvalue weighted by Gasteiger charge is -2.16. The van der Waals surface area contributed by atoms with Crippen LogP contribution in [0.2, 0.25) is 0 Å². The van der Waals surface area contributed by atoms with Crippen LogP contribution in [0, 0.1) is 5.82 Å². The van der Waals surface area contributed by atoms with Gasteiger partial charge in [-0.2, -0.15) is 0 Å². The highest BCUT2D eigenvalue weighted by molar-refractivity contribution is 5.99. The summed E-state index contributed by atoms with van der Waals surface area (Å²) in [5.41, 5.74) is 8.43. The highest BCUT2D eigenvalue weighted by Crippen LogP contribution is 2.23. The predicted molar refractivity (Wildman–Crippen MR) is 79.3 cm³/mol. The van der Waals surface area contributed by atoms with Crippen molar-refractivity contribution in [1.82, 2.24) is 0 Å². The number of rotatable bonds is 4. The van der Waals surface area contributed by atoms with Crippen molar-refractivity contribution in [2.75, 3.05) is 11.1 Å². The Morgan fingerprint density at radius 2 is 2.00 bits per heavy atom. The molecule has 104 valence electrons. The summed E-state index contributed by atoms with van der Waals surface area (Å²) in [4.78, 5) is 11.3. The summed E-state index contributed by atoms with van der Waals surface area (Å²) in [6, 6.07) is 11.6. The van der Waals surface area contributed by atoms with Crippen molar-refractivity contribution < 1.29 is 9.18 Å². The Morgan fingerprint density at radius 3 is 2.60 bits per heavy atom. The largest absolute Gasteiger partial charge is 0.398 e. The molecule has 1 atom stereocenters. The van der Waals surface area contributed by atoms with Gasteiger partial charge in [-0.05, 0) is 49.7 Å². The molecule has 20 heavy (non-hydrogen) atoms. The number of nitrogens with two attached hydrogens (primary N) is 1. The number of hydrogen-bond donors (Lipinski definition) is 2. The molecule has 0 spiro atoms. The van der Waals surface area contributed by atoms with Crippen LogP contribution in [-0.4, -0.2) is 5.78 Å². The lowest BCUT2D eigenvalue weighted by atomic mass is 10.1. The fourth-order valence-corrected chi connectivity index (χ4v) is 2.08. The van der Waals surface area contributed by atoms with Gasteiger partial charge in [-0.15, -0.1) is 0 Å². The molecule has 3 N–H and O–H groups in total. The van der Waals surface area contributed by atoms with Gasteiger partial charge in [-0.25, -0.2) is 4.39 Å². The number of carbonyl (C=O) groups excluding carboxylic acids is 1. The summed E-state index contributed by atoms with van der Waals surface area (Å²) < 4.78 is 13.2. The standard InChI is InChI=1S/C16H17FN2O/c1-10(12-4-3-5-13(17)8-12)19-14-6-7-15(11(2)20)16(18)9-14/h3-10,19H,18H2,1-2H3. The van der Waals surface area contributed by atoms with E-state index in [2.05, 4.69) is 5.32 Å². The number of benzene rings is 2. The number of hydrogen-bond acceptors (Lipinski definition) is 3. The van der Waals surface area contributed by atoms with Crippen molar-refractivity contribution in [2.45, 2.75) is 19.9 Å². The van der Waals surface area contributed by atoms with Crippen molar-refractivity contribution >= 4 is 17.2 Å². The minimum Gasteiger partial charge on any atom is -0.398 e. The number of ketones is 1. The van der Waals surface area contributed by atoms with Crippen LogP contribution in [0.15, 0.2) is 42.5 Å². The van der Waals surface area contributed by atoms with E-state index in [0.29, 0.717) is 11.3 Å². The van der Waals surface area contributed by atoms with Crippen molar-refractivity contribution in [3.8, 4) is 0 Å². The number of carbonyl (C=O) groups is 1. The Morgan fingerprint density at radius 1 is 1.25 bits per heavy atom. The van der Waals surface area contributed by atoms with Crippen molar-refractivity contribution in [3.63, 3.8) is 0 Å². The molecule has 0 amide bonds. The smallest absolute Gasteiger partial charge is 0.161 e. The maximum atomic E-state index is 13.2. The Kier molecular flexibility index (Phi) is 4.03. The molecule has 0 aliphatic heterocycles. The first-order valence-electron chi connectivity index (χ1n) is 6.40. The van der Waals surface area contributed by atoms with Gasteiger partial charge in [0.2, 0.25) is 0 Å². The third-order valence-corrected chi connectivity index (χ3v) is 3.16. The SMILES string of the molecule is CC(=O)c1ccc(NC(C)c2cccc(F)c2)cc1N. The van der Waals surface area contributed by atoms with Crippen LogP contribution in [0.5, 0.6) is 0 Å². The Bertz CT molecular complexity index is 640. The molecule has 0 bridgehead atoms. The Balaban J connectivity index is 2.18.